The molecule has 5 heteroatoms. The first-order valence-electron chi connectivity index (χ1n) is 7.74. The Kier molecular flexibility index (Phi) is 4.11. The second kappa shape index (κ2) is 6.07. The van der Waals surface area contributed by atoms with Crippen LogP contribution < -0.4 is 9.47 Å². The number of fused-ring (bicyclic) bond motifs is 2. The summed E-state index contributed by atoms with van der Waals surface area (Å²) in [7, 11) is 4.39. The summed E-state index contributed by atoms with van der Waals surface area (Å²) in [5.74, 6) is 0.620. The average molecular weight is 316 g/mol. The normalized spacial score (nSPS) is 16.6. The predicted octanol–water partition coefficient (Wildman–Crippen LogP) is 2.94. The molecule has 1 aromatic rings. The van der Waals surface area contributed by atoms with E-state index in [0.717, 1.165) is 41.5 Å². The molecule has 0 aliphatic heterocycles. The Hall–Kier alpha value is -2.30. The van der Waals surface area contributed by atoms with Crippen LogP contribution in [0.3, 0.4) is 0 Å². The number of methoxy groups -OCH3 is 3. The third-order valence-electron chi connectivity index (χ3n) is 4.61. The molecule has 0 amide bonds. The SMILES string of the molecule is COC(=O)c1cc2c(c(OC)c1OC)C1=C(CCC1)C(=O)CC2. The number of Topliss-reactive ketones (excluding diaryl/α,β-unsaturated/α-hetero) is 1. The van der Waals surface area contributed by atoms with Gasteiger partial charge in [0, 0.05) is 12.0 Å². The number of aryl methyl sites for hydroxylation is 1. The minimum atomic E-state index is -0.473. The van der Waals surface area contributed by atoms with Crippen molar-refractivity contribution in [1.29, 1.82) is 0 Å². The number of hydrogen-bond acceptors (Lipinski definition) is 5. The van der Waals surface area contributed by atoms with Crippen molar-refractivity contribution >= 4 is 17.3 Å². The lowest BCUT2D eigenvalue weighted by atomic mass is 9.93. The fourth-order valence-corrected chi connectivity index (χ4v) is 3.61. The van der Waals surface area contributed by atoms with E-state index in [0.29, 0.717) is 29.9 Å². The first-order chi connectivity index (χ1) is 11.1. The molecular formula is C18H20O5. The maximum Gasteiger partial charge on any atom is 0.341 e. The molecule has 0 spiro atoms. The number of ether oxygens (including phenoxy) is 3. The molecule has 1 aromatic carbocycles. The third-order valence-corrected chi connectivity index (χ3v) is 4.61. The molecule has 5 nitrogen and oxygen atoms in total. The first-order valence-corrected chi connectivity index (χ1v) is 7.74. The summed E-state index contributed by atoms with van der Waals surface area (Å²) in [6, 6.07) is 1.78. The molecule has 2 aliphatic carbocycles. The molecule has 0 bridgehead atoms. The van der Waals surface area contributed by atoms with E-state index >= 15 is 0 Å². The van der Waals surface area contributed by atoms with Crippen LogP contribution >= 0.6 is 0 Å². The maximum atomic E-state index is 12.4. The topological polar surface area (TPSA) is 61.8 Å². The van der Waals surface area contributed by atoms with Crippen molar-refractivity contribution in [2.24, 2.45) is 0 Å². The number of esters is 1. The minimum Gasteiger partial charge on any atom is -0.492 e. The molecule has 122 valence electrons. The number of ketones is 1. The Labute approximate surface area is 135 Å². The molecule has 0 unspecified atom stereocenters. The Morgan fingerprint density at radius 1 is 0.957 bits per heavy atom. The largest absolute Gasteiger partial charge is 0.492 e. The quantitative estimate of drug-likeness (QED) is 0.802. The van der Waals surface area contributed by atoms with Gasteiger partial charge in [0.25, 0.3) is 0 Å². The van der Waals surface area contributed by atoms with Crippen LogP contribution in [-0.4, -0.2) is 33.1 Å². The zero-order valence-corrected chi connectivity index (χ0v) is 13.7. The van der Waals surface area contributed by atoms with Crippen LogP contribution in [0.5, 0.6) is 11.5 Å². The number of hydrogen-bond donors (Lipinski definition) is 0. The minimum absolute atomic E-state index is 0.203. The molecule has 3 rings (SSSR count). The highest BCUT2D eigenvalue weighted by molar-refractivity contribution is 6.06. The molecule has 23 heavy (non-hydrogen) atoms. The van der Waals surface area contributed by atoms with Gasteiger partial charge in [-0.2, -0.15) is 0 Å². The molecule has 0 fully saturated rings. The Morgan fingerprint density at radius 3 is 2.30 bits per heavy atom. The lowest BCUT2D eigenvalue weighted by Crippen LogP contribution is -2.09. The predicted molar refractivity (Wildman–Crippen MR) is 85.0 cm³/mol. The fourth-order valence-electron chi connectivity index (χ4n) is 3.61. The summed E-state index contributed by atoms with van der Waals surface area (Å²) in [5.41, 5.74) is 4.17. The summed E-state index contributed by atoms with van der Waals surface area (Å²) in [5, 5.41) is 0. The average Bonchev–Trinajstić information content (AvgIpc) is 3.01. The standard InChI is InChI=1S/C18H20O5/c1-21-16-13(18(20)23-3)9-10-7-8-14(19)11-5-4-6-12(11)15(10)17(16)22-2/h9H,4-8H2,1-3H3. The van der Waals surface area contributed by atoms with Crippen molar-refractivity contribution in [2.75, 3.05) is 21.3 Å². The number of benzene rings is 1. The van der Waals surface area contributed by atoms with Gasteiger partial charge >= 0.3 is 5.97 Å². The second-order valence-corrected chi connectivity index (χ2v) is 5.75. The van der Waals surface area contributed by atoms with Crippen LogP contribution in [0.2, 0.25) is 0 Å². The van der Waals surface area contributed by atoms with E-state index in [1.165, 1.54) is 14.2 Å². The third kappa shape index (κ3) is 2.40. The fraction of sp³-hybridized carbons (Fsp3) is 0.444. The van der Waals surface area contributed by atoms with Gasteiger partial charge < -0.3 is 14.2 Å². The smallest absolute Gasteiger partial charge is 0.341 e. The van der Waals surface area contributed by atoms with E-state index in [1.54, 1.807) is 13.2 Å². The highest BCUT2D eigenvalue weighted by Gasteiger charge is 2.32. The van der Waals surface area contributed by atoms with Crippen LogP contribution in [0.25, 0.3) is 5.57 Å². The van der Waals surface area contributed by atoms with Gasteiger partial charge in [-0.3, -0.25) is 4.79 Å². The van der Waals surface area contributed by atoms with E-state index in [-0.39, 0.29) is 5.78 Å². The van der Waals surface area contributed by atoms with Gasteiger partial charge in [0.2, 0.25) is 0 Å². The molecule has 0 N–H and O–H groups in total. The Balaban J connectivity index is 2.31. The van der Waals surface area contributed by atoms with Gasteiger partial charge in [0.1, 0.15) is 5.56 Å². The van der Waals surface area contributed by atoms with E-state index in [2.05, 4.69) is 0 Å². The van der Waals surface area contributed by atoms with Crippen molar-refractivity contribution in [1.82, 2.24) is 0 Å². The lowest BCUT2D eigenvalue weighted by Gasteiger charge is -2.19. The Morgan fingerprint density at radius 2 is 1.65 bits per heavy atom. The van der Waals surface area contributed by atoms with Gasteiger partial charge in [-0.1, -0.05) is 0 Å². The summed E-state index contributed by atoms with van der Waals surface area (Å²) >= 11 is 0. The molecule has 0 radical (unpaired) electrons. The van der Waals surface area contributed by atoms with Crippen LogP contribution in [0, 0.1) is 0 Å². The van der Waals surface area contributed by atoms with E-state index < -0.39 is 5.97 Å². The molecular weight excluding hydrogens is 296 g/mol. The lowest BCUT2D eigenvalue weighted by molar-refractivity contribution is -0.115. The van der Waals surface area contributed by atoms with Crippen molar-refractivity contribution in [2.45, 2.75) is 32.1 Å². The molecule has 0 saturated heterocycles. The van der Waals surface area contributed by atoms with Gasteiger partial charge in [0.15, 0.2) is 17.3 Å². The van der Waals surface area contributed by atoms with E-state index in [1.807, 2.05) is 0 Å². The van der Waals surface area contributed by atoms with Gasteiger partial charge in [0.05, 0.1) is 21.3 Å². The van der Waals surface area contributed by atoms with E-state index in [9.17, 15) is 9.59 Å². The first kappa shape index (κ1) is 15.6. The van der Waals surface area contributed by atoms with Crippen LogP contribution in [0.15, 0.2) is 11.6 Å². The van der Waals surface area contributed by atoms with Gasteiger partial charge in [-0.05, 0) is 48.5 Å². The molecule has 2 aliphatic rings. The number of carbonyl (C=O) groups excluding carboxylic acids is 2. The second-order valence-electron chi connectivity index (χ2n) is 5.75. The van der Waals surface area contributed by atoms with Crippen molar-refractivity contribution in [3.63, 3.8) is 0 Å². The summed E-state index contributed by atoms with van der Waals surface area (Å²) in [6.07, 6.45) is 3.69. The highest BCUT2D eigenvalue weighted by atomic mass is 16.5. The number of carbonyl (C=O) groups is 2. The monoisotopic (exact) mass is 316 g/mol. The van der Waals surface area contributed by atoms with Crippen molar-refractivity contribution in [3.8, 4) is 11.5 Å². The van der Waals surface area contributed by atoms with E-state index in [4.69, 9.17) is 14.2 Å². The van der Waals surface area contributed by atoms with Crippen molar-refractivity contribution in [3.05, 3.63) is 28.3 Å². The maximum absolute atomic E-state index is 12.4. The highest BCUT2D eigenvalue weighted by Crippen LogP contribution is 2.48. The zero-order valence-electron chi connectivity index (χ0n) is 13.7. The van der Waals surface area contributed by atoms with Crippen LogP contribution in [-0.2, 0) is 16.0 Å². The molecule has 0 aromatic heterocycles. The summed E-state index contributed by atoms with van der Waals surface area (Å²) in [4.78, 5) is 24.5. The van der Waals surface area contributed by atoms with Crippen LogP contribution in [0.4, 0.5) is 0 Å². The van der Waals surface area contributed by atoms with Crippen LogP contribution in [0.1, 0.15) is 47.2 Å². The molecule has 0 atom stereocenters. The summed E-state index contributed by atoms with van der Waals surface area (Å²) < 4.78 is 15.9. The number of allylic oxidation sites excluding steroid dienone is 2. The van der Waals surface area contributed by atoms with Crippen molar-refractivity contribution < 1.29 is 23.8 Å². The molecule has 0 saturated carbocycles. The van der Waals surface area contributed by atoms with Gasteiger partial charge in [-0.25, -0.2) is 4.79 Å². The number of rotatable bonds is 3. The van der Waals surface area contributed by atoms with Gasteiger partial charge in [-0.15, -0.1) is 0 Å². The Bertz CT molecular complexity index is 715. The summed E-state index contributed by atoms with van der Waals surface area (Å²) in [6.45, 7) is 0. The zero-order chi connectivity index (χ0) is 16.6. The molecule has 0 heterocycles.